The number of carbonyl (C=O) groups is 1. The summed E-state index contributed by atoms with van der Waals surface area (Å²) in [5, 5.41) is 12.3. The van der Waals surface area contributed by atoms with E-state index in [2.05, 4.69) is 10.5 Å². The van der Waals surface area contributed by atoms with Gasteiger partial charge in [0.2, 0.25) is 10.0 Å². The third-order valence-corrected chi connectivity index (χ3v) is 4.85. The van der Waals surface area contributed by atoms with Gasteiger partial charge < -0.3 is 9.47 Å². The minimum absolute atomic E-state index is 0.0469. The average Bonchev–Trinajstić information content (AvgIpc) is 2.71. The Bertz CT molecular complexity index is 1010. The van der Waals surface area contributed by atoms with E-state index in [0.29, 0.717) is 29.4 Å². The summed E-state index contributed by atoms with van der Waals surface area (Å²) >= 11 is 0. The molecule has 0 fully saturated rings. The van der Waals surface area contributed by atoms with Crippen LogP contribution in [0, 0.1) is 11.3 Å². The third kappa shape index (κ3) is 7.10. The summed E-state index contributed by atoms with van der Waals surface area (Å²) in [6.45, 7) is 1.86. The molecule has 10 heteroatoms. The first kappa shape index (κ1) is 22.7. The van der Waals surface area contributed by atoms with Gasteiger partial charge in [0.05, 0.1) is 24.8 Å². The normalized spacial score (nSPS) is 11.0. The quantitative estimate of drug-likeness (QED) is 0.454. The lowest BCUT2D eigenvalue weighted by Crippen LogP contribution is -2.39. The molecule has 158 valence electrons. The lowest BCUT2D eigenvalue weighted by molar-refractivity contribution is -0.119. The van der Waals surface area contributed by atoms with Crippen LogP contribution in [-0.2, 0) is 14.8 Å². The van der Waals surface area contributed by atoms with Gasteiger partial charge in [0.15, 0.2) is 6.61 Å². The fourth-order valence-electron chi connectivity index (χ4n) is 2.39. The molecule has 0 aromatic heterocycles. The zero-order chi connectivity index (χ0) is 22.0. The molecule has 0 bridgehead atoms. The van der Waals surface area contributed by atoms with Crippen LogP contribution in [0.5, 0.6) is 11.5 Å². The molecule has 0 aliphatic rings. The van der Waals surface area contributed by atoms with Crippen LogP contribution in [-0.4, -0.2) is 46.6 Å². The molecule has 2 rings (SSSR count). The molecule has 0 spiro atoms. The molecule has 9 nitrogen and oxygen atoms in total. The minimum atomic E-state index is -3.68. The second kappa shape index (κ2) is 10.8. The molecular weight excluding hydrogens is 408 g/mol. The Morgan fingerprint density at radius 3 is 2.30 bits per heavy atom. The number of hydrogen-bond acceptors (Lipinski definition) is 7. The highest BCUT2D eigenvalue weighted by molar-refractivity contribution is 7.92. The topological polar surface area (TPSA) is 121 Å². The summed E-state index contributed by atoms with van der Waals surface area (Å²) in [6.07, 6.45) is 2.43. The van der Waals surface area contributed by atoms with E-state index in [0.717, 1.165) is 10.6 Å². The van der Waals surface area contributed by atoms with Crippen LogP contribution in [0.15, 0.2) is 53.6 Å². The van der Waals surface area contributed by atoms with Crippen LogP contribution >= 0.6 is 0 Å². The Kier molecular flexibility index (Phi) is 8.19. The van der Waals surface area contributed by atoms with E-state index in [1.54, 1.807) is 48.5 Å². The largest absolute Gasteiger partial charge is 0.494 e. The lowest BCUT2D eigenvalue weighted by Gasteiger charge is -2.21. The predicted octanol–water partition coefficient (Wildman–Crippen LogP) is 1.90. The molecule has 0 aliphatic heterocycles. The van der Waals surface area contributed by atoms with Crippen molar-refractivity contribution in [1.82, 2.24) is 5.43 Å². The first-order valence-electron chi connectivity index (χ1n) is 8.95. The van der Waals surface area contributed by atoms with Crippen LogP contribution in [0.3, 0.4) is 0 Å². The molecule has 2 aromatic carbocycles. The predicted molar refractivity (Wildman–Crippen MR) is 113 cm³/mol. The van der Waals surface area contributed by atoms with Crippen molar-refractivity contribution in [2.75, 3.05) is 30.3 Å². The Morgan fingerprint density at radius 1 is 1.13 bits per heavy atom. The van der Waals surface area contributed by atoms with Crippen LogP contribution in [0.2, 0.25) is 0 Å². The van der Waals surface area contributed by atoms with Gasteiger partial charge >= 0.3 is 0 Å². The number of sulfonamides is 1. The second-order valence-electron chi connectivity index (χ2n) is 6.01. The van der Waals surface area contributed by atoms with Gasteiger partial charge in [0.25, 0.3) is 5.91 Å². The molecule has 0 saturated heterocycles. The Morgan fingerprint density at radius 2 is 1.73 bits per heavy atom. The maximum absolute atomic E-state index is 12.2. The van der Waals surface area contributed by atoms with E-state index in [9.17, 15) is 13.2 Å². The van der Waals surface area contributed by atoms with Crippen molar-refractivity contribution in [2.24, 2.45) is 5.10 Å². The number of ether oxygens (including phenoxy) is 2. The number of rotatable bonds is 10. The van der Waals surface area contributed by atoms with Crippen molar-refractivity contribution in [3.05, 3.63) is 54.1 Å². The number of nitrogens with one attached hydrogen (secondary N) is 1. The summed E-state index contributed by atoms with van der Waals surface area (Å²) in [5.74, 6) is 0.546. The van der Waals surface area contributed by atoms with Gasteiger partial charge in [0, 0.05) is 0 Å². The number of amides is 1. The SMILES string of the molecule is CCOc1ccc(N(CC(=O)N/N=C\c2ccc(OCC#N)cc2)S(C)(=O)=O)cc1. The zero-order valence-electron chi connectivity index (χ0n) is 16.6. The molecule has 0 unspecified atom stereocenters. The molecule has 0 atom stereocenters. The molecule has 30 heavy (non-hydrogen) atoms. The van der Waals surface area contributed by atoms with Crippen molar-refractivity contribution in [3.8, 4) is 17.6 Å². The smallest absolute Gasteiger partial charge is 0.260 e. The van der Waals surface area contributed by atoms with E-state index in [1.165, 1.54) is 6.21 Å². The fourth-order valence-corrected chi connectivity index (χ4v) is 3.24. The van der Waals surface area contributed by atoms with Gasteiger partial charge in [-0.05, 0) is 61.0 Å². The number of nitriles is 1. The second-order valence-corrected chi connectivity index (χ2v) is 7.91. The van der Waals surface area contributed by atoms with Crippen LogP contribution in [0.1, 0.15) is 12.5 Å². The zero-order valence-corrected chi connectivity index (χ0v) is 17.4. The molecule has 1 amide bonds. The van der Waals surface area contributed by atoms with Gasteiger partial charge in [-0.1, -0.05) is 0 Å². The van der Waals surface area contributed by atoms with Crippen molar-refractivity contribution < 1.29 is 22.7 Å². The maximum Gasteiger partial charge on any atom is 0.260 e. The lowest BCUT2D eigenvalue weighted by atomic mass is 10.2. The fraction of sp³-hybridized carbons (Fsp3) is 0.250. The molecule has 2 aromatic rings. The first-order valence-corrected chi connectivity index (χ1v) is 10.8. The van der Waals surface area contributed by atoms with Crippen LogP contribution in [0.25, 0.3) is 0 Å². The monoisotopic (exact) mass is 430 g/mol. The standard InChI is InChI=1S/C20H22N4O5S/c1-3-28-18-10-6-17(7-11-18)24(30(2,26)27)15-20(25)23-22-14-16-4-8-19(9-5-16)29-13-12-21/h4-11,14H,3,13,15H2,1-2H3,(H,23,25)/b22-14-. The van der Waals surface area contributed by atoms with Gasteiger partial charge in [-0.15, -0.1) is 0 Å². The maximum atomic E-state index is 12.2. The van der Waals surface area contributed by atoms with Gasteiger partial charge in [-0.25, -0.2) is 13.8 Å². The van der Waals surface area contributed by atoms with Crippen molar-refractivity contribution in [2.45, 2.75) is 6.92 Å². The summed E-state index contributed by atoms with van der Waals surface area (Å²) in [4.78, 5) is 12.2. The van der Waals surface area contributed by atoms with Crippen molar-refractivity contribution in [3.63, 3.8) is 0 Å². The van der Waals surface area contributed by atoms with Gasteiger partial charge in [0.1, 0.15) is 24.1 Å². The van der Waals surface area contributed by atoms with E-state index < -0.39 is 22.5 Å². The van der Waals surface area contributed by atoms with Crippen molar-refractivity contribution >= 4 is 27.8 Å². The van der Waals surface area contributed by atoms with E-state index >= 15 is 0 Å². The van der Waals surface area contributed by atoms with Gasteiger partial charge in [-0.2, -0.15) is 10.4 Å². The Labute approximate surface area is 175 Å². The summed E-state index contributed by atoms with van der Waals surface area (Å²) in [7, 11) is -3.68. The molecular formula is C20H22N4O5S. The summed E-state index contributed by atoms with van der Waals surface area (Å²) < 4.78 is 35.7. The number of benzene rings is 2. The van der Waals surface area contributed by atoms with Crippen LogP contribution < -0.4 is 19.2 Å². The highest BCUT2D eigenvalue weighted by Crippen LogP contribution is 2.21. The molecule has 0 heterocycles. The molecule has 0 aliphatic carbocycles. The number of hydrogen-bond donors (Lipinski definition) is 1. The minimum Gasteiger partial charge on any atom is -0.494 e. The Hall–Kier alpha value is -3.58. The van der Waals surface area contributed by atoms with E-state index in [-0.39, 0.29) is 6.61 Å². The number of hydrazone groups is 1. The van der Waals surface area contributed by atoms with Gasteiger partial charge in [-0.3, -0.25) is 9.10 Å². The number of nitrogens with zero attached hydrogens (tertiary/aromatic N) is 3. The van der Waals surface area contributed by atoms with E-state index in [1.807, 2.05) is 13.0 Å². The summed E-state index contributed by atoms with van der Waals surface area (Å²) in [5.41, 5.74) is 3.34. The number of anilines is 1. The number of carbonyl (C=O) groups excluding carboxylic acids is 1. The summed E-state index contributed by atoms with van der Waals surface area (Å²) in [6, 6.07) is 15.0. The molecule has 0 radical (unpaired) electrons. The Balaban J connectivity index is 1.99. The highest BCUT2D eigenvalue weighted by atomic mass is 32.2. The molecule has 0 saturated carbocycles. The van der Waals surface area contributed by atoms with Crippen molar-refractivity contribution in [1.29, 1.82) is 5.26 Å². The van der Waals surface area contributed by atoms with E-state index in [4.69, 9.17) is 14.7 Å². The average molecular weight is 430 g/mol. The highest BCUT2D eigenvalue weighted by Gasteiger charge is 2.20. The van der Waals surface area contributed by atoms with Crippen LogP contribution in [0.4, 0.5) is 5.69 Å². The third-order valence-electron chi connectivity index (χ3n) is 3.71. The molecule has 1 N–H and O–H groups in total. The first-order chi connectivity index (χ1) is 14.3.